The number of benzene rings is 2. The topological polar surface area (TPSA) is 55.4 Å². The van der Waals surface area contributed by atoms with Crippen LogP contribution in [-0.4, -0.2) is 19.0 Å². The van der Waals surface area contributed by atoms with Crippen LogP contribution in [0.25, 0.3) is 0 Å². The van der Waals surface area contributed by atoms with Gasteiger partial charge in [-0.3, -0.25) is 4.79 Å². The monoisotopic (exact) mass is 307 g/mol. The molecule has 1 N–H and O–H groups in total. The van der Waals surface area contributed by atoms with Crippen molar-refractivity contribution in [2.45, 2.75) is 0 Å². The fourth-order valence-corrected chi connectivity index (χ4v) is 2.02. The predicted octanol–water partition coefficient (Wildman–Crippen LogP) is 3.52. The van der Waals surface area contributed by atoms with Crippen LogP contribution < -0.4 is 5.32 Å². The molecule has 0 bridgehead atoms. The number of anilines is 1. The molecule has 2 rings (SSSR count). The van der Waals surface area contributed by atoms with Crippen LogP contribution in [0.3, 0.4) is 0 Å². The molecule has 0 aliphatic heterocycles. The van der Waals surface area contributed by atoms with E-state index in [1.807, 2.05) is 0 Å². The van der Waals surface area contributed by atoms with E-state index < -0.39 is 17.7 Å². The summed E-state index contributed by atoms with van der Waals surface area (Å²) >= 11 is 5.94. The molecule has 0 radical (unpaired) electrons. The van der Waals surface area contributed by atoms with Gasteiger partial charge in [0.05, 0.1) is 23.4 Å². The maximum atomic E-state index is 13.6. The molecule has 4 nitrogen and oxygen atoms in total. The Morgan fingerprint density at radius 2 is 1.86 bits per heavy atom. The molecule has 1 amide bonds. The van der Waals surface area contributed by atoms with Crippen molar-refractivity contribution in [3.05, 3.63) is 64.4 Å². The van der Waals surface area contributed by atoms with E-state index in [1.54, 1.807) is 6.07 Å². The summed E-state index contributed by atoms with van der Waals surface area (Å²) in [5.41, 5.74) is 0.0438. The number of methoxy groups -OCH3 is 1. The Morgan fingerprint density at radius 3 is 2.52 bits per heavy atom. The van der Waals surface area contributed by atoms with Crippen LogP contribution in [0.15, 0.2) is 42.5 Å². The number of nitrogens with one attached hydrogen (secondary N) is 1. The minimum absolute atomic E-state index is 0.0198. The summed E-state index contributed by atoms with van der Waals surface area (Å²) in [5, 5.41) is 2.59. The number of carbonyl (C=O) groups excluding carboxylic acids is 2. The van der Waals surface area contributed by atoms with Crippen LogP contribution in [0, 0.1) is 5.82 Å². The summed E-state index contributed by atoms with van der Waals surface area (Å²) in [4.78, 5) is 23.8. The number of hydrogen-bond acceptors (Lipinski definition) is 3. The second-order valence-electron chi connectivity index (χ2n) is 4.09. The first kappa shape index (κ1) is 15.0. The predicted molar refractivity (Wildman–Crippen MR) is 77.1 cm³/mol. The number of rotatable bonds is 3. The van der Waals surface area contributed by atoms with E-state index in [4.69, 9.17) is 11.6 Å². The minimum Gasteiger partial charge on any atom is -0.465 e. The van der Waals surface area contributed by atoms with Gasteiger partial charge in [0.1, 0.15) is 11.4 Å². The summed E-state index contributed by atoms with van der Waals surface area (Å²) in [6, 6.07) is 10.1. The molecule has 0 unspecified atom stereocenters. The number of esters is 1. The van der Waals surface area contributed by atoms with Crippen LogP contribution in [-0.2, 0) is 4.74 Å². The maximum Gasteiger partial charge on any atom is 0.341 e. The Kier molecular flexibility index (Phi) is 4.55. The molecule has 21 heavy (non-hydrogen) atoms. The fourth-order valence-electron chi connectivity index (χ4n) is 1.77. The van der Waals surface area contributed by atoms with Gasteiger partial charge < -0.3 is 10.1 Å². The van der Waals surface area contributed by atoms with E-state index in [-0.39, 0.29) is 21.8 Å². The van der Waals surface area contributed by atoms with Crippen LogP contribution in [0.5, 0.6) is 0 Å². The smallest absolute Gasteiger partial charge is 0.341 e. The van der Waals surface area contributed by atoms with E-state index in [1.165, 1.54) is 43.5 Å². The van der Waals surface area contributed by atoms with E-state index in [0.29, 0.717) is 0 Å². The number of ether oxygens (including phenoxy) is 1. The summed E-state index contributed by atoms with van der Waals surface area (Å²) in [6.45, 7) is 0. The molecular formula is C15H11ClFNO3. The van der Waals surface area contributed by atoms with Crippen molar-refractivity contribution in [3.8, 4) is 0 Å². The second kappa shape index (κ2) is 6.37. The van der Waals surface area contributed by atoms with Gasteiger partial charge in [0.15, 0.2) is 0 Å². The summed E-state index contributed by atoms with van der Waals surface area (Å²) in [7, 11) is 1.20. The van der Waals surface area contributed by atoms with Crippen molar-refractivity contribution < 1.29 is 18.7 Å². The first-order valence-electron chi connectivity index (χ1n) is 5.97. The summed E-state index contributed by atoms with van der Waals surface area (Å²) in [6.07, 6.45) is 0. The van der Waals surface area contributed by atoms with Crippen molar-refractivity contribution in [2.75, 3.05) is 12.4 Å². The lowest BCUT2D eigenvalue weighted by Crippen LogP contribution is -2.17. The molecule has 2 aromatic carbocycles. The van der Waals surface area contributed by atoms with Gasteiger partial charge in [0.25, 0.3) is 5.91 Å². The quantitative estimate of drug-likeness (QED) is 0.883. The van der Waals surface area contributed by atoms with E-state index in [9.17, 15) is 14.0 Å². The molecule has 0 fully saturated rings. The maximum absolute atomic E-state index is 13.6. The van der Waals surface area contributed by atoms with Gasteiger partial charge in [-0.25, -0.2) is 9.18 Å². The van der Waals surface area contributed by atoms with Gasteiger partial charge in [-0.1, -0.05) is 29.8 Å². The Hall–Kier alpha value is -2.40. The van der Waals surface area contributed by atoms with Gasteiger partial charge in [-0.2, -0.15) is 0 Å². The number of carbonyl (C=O) groups is 2. The van der Waals surface area contributed by atoms with Gasteiger partial charge in [-0.05, 0) is 24.3 Å². The van der Waals surface area contributed by atoms with Crippen LogP contribution >= 0.6 is 11.6 Å². The summed E-state index contributed by atoms with van der Waals surface area (Å²) < 4.78 is 18.2. The first-order chi connectivity index (χ1) is 10.0. The highest BCUT2D eigenvalue weighted by atomic mass is 35.5. The third kappa shape index (κ3) is 3.20. The molecule has 0 aliphatic carbocycles. The first-order valence-corrected chi connectivity index (χ1v) is 6.35. The zero-order chi connectivity index (χ0) is 15.4. The molecule has 0 heterocycles. The molecule has 0 aromatic heterocycles. The Morgan fingerprint density at radius 1 is 1.14 bits per heavy atom. The van der Waals surface area contributed by atoms with Crippen molar-refractivity contribution >= 4 is 29.2 Å². The van der Waals surface area contributed by atoms with Gasteiger partial charge in [0.2, 0.25) is 0 Å². The molecule has 0 aliphatic rings. The van der Waals surface area contributed by atoms with Crippen molar-refractivity contribution in [3.63, 3.8) is 0 Å². The normalized spacial score (nSPS) is 10.0. The van der Waals surface area contributed by atoms with Crippen molar-refractivity contribution in [1.29, 1.82) is 0 Å². The highest BCUT2D eigenvalue weighted by Gasteiger charge is 2.19. The van der Waals surface area contributed by atoms with Gasteiger partial charge in [0, 0.05) is 0 Å². The van der Waals surface area contributed by atoms with Gasteiger partial charge in [-0.15, -0.1) is 0 Å². The third-order valence-corrected chi connectivity index (χ3v) is 3.08. The average molecular weight is 308 g/mol. The molecule has 0 saturated heterocycles. The molecule has 0 saturated carbocycles. The number of amides is 1. The zero-order valence-electron chi connectivity index (χ0n) is 11.0. The third-order valence-electron chi connectivity index (χ3n) is 2.77. The van der Waals surface area contributed by atoms with Gasteiger partial charge >= 0.3 is 5.97 Å². The van der Waals surface area contributed by atoms with E-state index in [2.05, 4.69) is 10.1 Å². The SMILES string of the molecule is COC(=O)c1c(Cl)cccc1NC(=O)c1ccccc1F. The average Bonchev–Trinajstić information content (AvgIpc) is 2.47. The Labute approximate surface area is 125 Å². The highest BCUT2D eigenvalue weighted by molar-refractivity contribution is 6.34. The minimum atomic E-state index is -0.690. The zero-order valence-corrected chi connectivity index (χ0v) is 11.8. The number of halogens is 2. The fraction of sp³-hybridized carbons (Fsp3) is 0.0667. The molecule has 6 heteroatoms. The van der Waals surface area contributed by atoms with Crippen molar-refractivity contribution in [2.24, 2.45) is 0 Å². The lowest BCUT2D eigenvalue weighted by Gasteiger charge is -2.11. The van der Waals surface area contributed by atoms with E-state index in [0.717, 1.165) is 0 Å². The standard InChI is InChI=1S/C15H11ClFNO3/c1-21-15(20)13-10(16)6-4-8-12(13)18-14(19)9-5-2-3-7-11(9)17/h2-8H,1H3,(H,18,19). The Balaban J connectivity index is 2.36. The van der Waals surface area contributed by atoms with Crippen molar-refractivity contribution in [1.82, 2.24) is 0 Å². The molecule has 0 atom stereocenters. The second-order valence-corrected chi connectivity index (χ2v) is 4.50. The highest BCUT2D eigenvalue weighted by Crippen LogP contribution is 2.25. The largest absolute Gasteiger partial charge is 0.465 e. The molecular weight excluding hydrogens is 297 g/mol. The lowest BCUT2D eigenvalue weighted by molar-refractivity contribution is 0.0602. The van der Waals surface area contributed by atoms with Crippen LogP contribution in [0.2, 0.25) is 5.02 Å². The van der Waals surface area contributed by atoms with E-state index >= 15 is 0 Å². The van der Waals surface area contributed by atoms with Crippen LogP contribution in [0.1, 0.15) is 20.7 Å². The summed E-state index contributed by atoms with van der Waals surface area (Å²) in [5.74, 6) is -2.03. The molecule has 2 aromatic rings. The molecule has 108 valence electrons. The Bertz CT molecular complexity index is 703. The lowest BCUT2D eigenvalue weighted by atomic mass is 10.1. The molecule has 0 spiro atoms. The number of hydrogen-bond donors (Lipinski definition) is 1. The van der Waals surface area contributed by atoms with Crippen LogP contribution in [0.4, 0.5) is 10.1 Å².